The van der Waals surface area contributed by atoms with Gasteiger partial charge in [-0.2, -0.15) is 5.10 Å². The van der Waals surface area contributed by atoms with E-state index in [0.717, 1.165) is 31.4 Å². The fraction of sp³-hybridized carbons (Fsp3) is 0.400. The Kier molecular flexibility index (Phi) is 8.53. The summed E-state index contributed by atoms with van der Waals surface area (Å²) in [6.45, 7) is 3.75. The van der Waals surface area contributed by atoms with Gasteiger partial charge in [0.25, 0.3) is 11.8 Å². The van der Waals surface area contributed by atoms with Crippen molar-refractivity contribution in [2.75, 3.05) is 32.1 Å². The number of anilines is 1. The molecule has 0 saturated heterocycles. The van der Waals surface area contributed by atoms with Gasteiger partial charge in [-0.1, -0.05) is 0 Å². The van der Waals surface area contributed by atoms with Crippen molar-refractivity contribution in [1.82, 2.24) is 20.0 Å². The second-order valence-corrected chi connectivity index (χ2v) is 10.4. The summed E-state index contributed by atoms with van der Waals surface area (Å²) >= 11 is 0. The van der Waals surface area contributed by atoms with Crippen LogP contribution in [-0.4, -0.2) is 65.3 Å². The van der Waals surface area contributed by atoms with E-state index in [-0.39, 0.29) is 36.4 Å². The highest BCUT2D eigenvalue weighted by molar-refractivity contribution is 6.00. The molecule has 3 aromatic rings. The van der Waals surface area contributed by atoms with Crippen LogP contribution in [0.15, 0.2) is 36.4 Å². The summed E-state index contributed by atoms with van der Waals surface area (Å²) in [5.74, 6) is -2.40. The van der Waals surface area contributed by atoms with Crippen LogP contribution in [0.25, 0.3) is 5.69 Å². The summed E-state index contributed by atoms with van der Waals surface area (Å²) in [7, 11) is 1.47. The monoisotopic (exact) mass is 581 g/mol. The molecule has 1 aliphatic carbocycles. The number of halogens is 2. The number of hydrogen-bond acceptors (Lipinski definition) is 6. The number of nitrogens with zero attached hydrogens (tertiary/aromatic N) is 3. The highest BCUT2D eigenvalue weighted by Crippen LogP contribution is 2.34. The Morgan fingerprint density at radius 3 is 2.69 bits per heavy atom. The quantitative estimate of drug-likeness (QED) is 0.350. The number of rotatable bonds is 10. The van der Waals surface area contributed by atoms with Crippen LogP contribution in [0.1, 0.15) is 59.0 Å². The third-order valence-corrected chi connectivity index (χ3v) is 7.64. The van der Waals surface area contributed by atoms with E-state index in [1.54, 1.807) is 26.0 Å². The molecule has 42 heavy (non-hydrogen) atoms. The Bertz CT molecular complexity index is 1520. The Labute approximate surface area is 242 Å². The predicted octanol–water partition coefficient (Wildman–Crippen LogP) is 3.99. The maximum absolute atomic E-state index is 14.8. The first kappa shape index (κ1) is 29.2. The lowest BCUT2D eigenvalue weighted by Crippen LogP contribution is -2.44. The van der Waals surface area contributed by atoms with E-state index in [0.29, 0.717) is 41.4 Å². The van der Waals surface area contributed by atoms with Crippen LogP contribution >= 0.6 is 0 Å². The molecule has 1 atom stereocenters. The van der Waals surface area contributed by atoms with Gasteiger partial charge in [-0.15, -0.1) is 0 Å². The first-order valence-electron chi connectivity index (χ1n) is 13.9. The fourth-order valence-corrected chi connectivity index (χ4v) is 5.25. The van der Waals surface area contributed by atoms with Gasteiger partial charge in [-0.05, 0) is 69.9 Å². The van der Waals surface area contributed by atoms with E-state index in [4.69, 9.17) is 9.47 Å². The normalized spacial score (nSPS) is 15.2. The Morgan fingerprint density at radius 1 is 1.21 bits per heavy atom. The van der Waals surface area contributed by atoms with Crippen LogP contribution < -0.4 is 15.4 Å². The van der Waals surface area contributed by atoms with Gasteiger partial charge in [0, 0.05) is 43.1 Å². The molecule has 1 aliphatic heterocycles. The highest BCUT2D eigenvalue weighted by atomic mass is 19.1. The van der Waals surface area contributed by atoms with Crippen molar-refractivity contribution in [3.63, 3.8) is 0 Å². The molecule has 1 saturated carbocycles. The first-order valence-corrected chi connectivity index (χ1v) is 13.9. The van der Waals surface area contributed by atoms with E-state index >= 15 is 0 Å². The summed E-state index contributed by atoms with van der Waals surface area (Å²) in [6.07, 6.45) is 3.82. The summed E-state index contributed by atoms with van der Waals surface area (Å²) in [5, 5.41) is 9.84. The van der Waals surface area contributed by atoms with Crippen molar-refractivity contribution in [3.05, 3.63) is 70.5 Å². The lowest BCUT2D eigenvalue weighted by molar-refractivity contribution is -0.125. The standard InChI is InChI=1S/C30H33F2N5O5/c1-17-27(18(2)37(35-17)24-11-9-20(31)15-22(24)32)28(29(39)33-3)36(12-5-13-41-21-6-4-7-21)30(40)19-8-10-23-25(14-19)42-16-26(38)34-23/h8-11,14-15,21,28H,4-7,12-13,16H2,1-3H3,(H,33,39)(H,34,38). The summed E-state index contributed by atoms with van der Waals surface area (Å²) < 4.78 is 41.1. The number of hydrogen-bond donors (Lipinski definition) is 2. The number of aryl methyl sites for hydroxylation is 1. The van der Waals surface area contributed by atoms with Crippen LogP contribution in [0, 0.1) is 25.5 Å². The third kappa shape index (κ3) is 5.85. The number of benzene rings is 2. The van der Waals surface area contributed by atoms with Gasteiger partial charge < -0.3 is 25.0 Å². The number of ether oxygens (including phenoxy) is 2. The van der Waals surface area contributed by atoms with Gasteiger partial charge in [0.2, 0.25) is 5.91 Å². The van der Waals surface area contributed by atoms with E-state index in [1.165, 1.54) is 28.8 Å². The molecule has 10 nitrogen and oxygen atoms in total. The second-order valence-electron chi connectivity index (χ2n) is 10.4. The summed E-state index contributed by atoms with van der Waals surface area (Å²) in [4.78, 5) is 40.9. The molecule has 1 aromatic heterocycles. The van der Waals surface area contributed by atoms with Gasteiger partial charge in [0.05, 0.1) is 17.5 Å². The van der Waals surface area contributed by atoms with Crippen LogP contribution in [0.5, 0.6) is 5.75 Å². The molecule has 0 bridgehead atoms. The number of nitrogens with one attached hydrogen (secondary N) is 2. The van der Waals surface area contributed by atoms with Crippen molar-refractivity contribution >= 4 is 23.4 Å². The largest absolute Gasteiger partial charge is 0.482 e. The minimum atomic E-state index is -1.12. The van der Waals surface area contributed by atoms with Crippen molar-refractivity contribution in [3.8, 4) is 11.4 Å². The van der Waals surface area contributed by atoms with Gasteiger partial charge in [-0.25, -0.2) is 13.5 Å². The topological polar surface area (TPSA) is 115 Å². The smallest absolute Gasteiger partial charge is 0.262 e. The second kappa shape index (κ2) is 12.3. The third-order valence-electron chi connectivity index (χ3n) is 7.64. The van der Waals surface area contributed by atoms with E-state index in [9.17, 15) is 23.2 Å². The molecule has 5 rings (SSSR count). The lowest BCUT2D eigenvalue weighted by atomic mass is 9.96. The van der Waals surface area contributed by atoms with Crippen molar-refractivity contribution in [2.24, 2.45) is 0 Å². The molecular weight excluding hydrogens is 548 g/mol. The number of fused-ring (bicyclic) bond motifs is 1. The molecule has 2 aromatic carbocycles. The van der Waals surface area contributed by atoms with Crippen LogP contribution in [0.4, 0.5) is 14.5 Å². The average Bonchev–Trinajstić information content (AvgIpc) is 3.23. The molecule has 2 aliphatic rings. The van der Waals surface area contributed by atoms with E-state index in [1.807, 2.05) is 0 Å². The predicted molar refractivity (Wildman–Crippen MR) is 150 cm³/mol. The van der Waals surface area contributed by atoms with Crippen molar-refractivity contribution in [2.45, 2.75) is 51.7 Å². The molecule has 0 spiro atoms. The molecule has 3 amide bonds. The molecule has 222 valence electrons. The van der Waals surface area contributed by atoms with Gasteiger partial charge in [0.1, 0.15) is 23.3 Å². The van der Waals surface area contributed by atoms with Crippen LogP contribution in [-0.2, 0) is 14.3 Å². The van der Waals surface area contributed by atoms with Crippen LogP contribution in [0.2, 0.25) is 0 Å². The molecule has 1 fully saturated rings. The Balaban J connectivity index is 1.53. The SMILES string of the molecule is CNC(=O)C(c1c(C)nn(-c2ccc(F)cc2F)c1C)N(CCCOC1CCC1)C(=O)c1ccc2c(c1)OCC(=O)N2. The van der Waals surface area contributed by atoms with Gasteiger partial charge in [0.15, 0.2) is 12.4 Å². The minimum absolute atomic E-state index is 0.0135. The maximum atomic E-state index is 14.8. The van der Waals surface area contributed by atoms with Gasteiger partial charge >= 0.3 is 0 Å². The minimum Gasteiger partial charge on any atom is -0.482 e. The fourth-order valence-electron chi connectivity index (χ4n) is 5.25. The number of carbonyl (C=O) groups is 3. The molecule has 12 heteroatoms. The molecule has 0 radical (unpaired) electrons. The summed E-state index contributed by atoms with van der Waals surface area (Å²) in [5.41, 5.74) is 1.97. The van der Waals surface area contributed by atoms with E-state index < -0.39 is 29.5 Å². The highest BCUT2D eigenvalue weighted by Gasteiger charge is 2.36. The molecule has 1 unspecified atom stereocenters. The molecule has 2 heterocycles. The number of carbonyl (C=O) groups excluding carboxylic acids is 3. The van der Waals surface area contributed by atoms with Crippen LogP contribution in [0.3, 0.4) is 0 Å². The van der Waals surface area contributed by atoms with Crippen molar-refractivity contribution < 1.29 is 32.6 Å². The maximum Gasteiger partial charge on any atom is 0.262 e. The zero-order chi connectivity index (χ0) is 30.0. The Morgan fingerprint density at radius 2 is 2.00 bits per heavy atom. The zero-order valence-corrected chi connectivity index (χ0v) is 23.7. The van der Waals surface area contributed by atoms with E-state index in [2.05, 4.69) is 15.7 Å². The lowest BCUT2D eigenvalue weighted by Gasteiger charge is -2.32. The van der Waals surface area contributed by atoms with Gasteiger partial charge in [-0.3, -0.25) is 14.4 Å². The number of amides is 3. The Hall–Kier alpha value is -4.32. The summed E-state index contributed by atoms with van der Waals surface area (Å²) in [6, 6.07) is 6.72. The molecular formula is C30H33F2N5O5. The zero-order valence-electron chi connectivity index (χ0n) is 23.7. The number of aromatic nitrogens is 2. The molecule has 2 N–H and O–H groups in total. The van der Waals surface area contributed by atoms with Crippen molar-refractivity contribution in [1.29, 1.82) is 0 Å². The number of likely N-dealkylation sites (N-methyl/N-ethyl adjacent to an activating group) is 1. The first-order chi connectivity index (χ1) is 20.2. The average molecular weight is 582 g/mol.